The molecule has 0 saturated carbocycles. The van der Waals surface area contributed by atoms with E-state index >= 15 is 0 Å². The second-order valence-corrected chi connectivity index (χ2v) is 6.12. The van der Waals surface area contributed by atoms with Gasteiger partial charge in [0.1, 0.15) is 12.4 Å². The van der Waals surface area contributed by atoms with Crippen molar-refractivity contribution in [2.75, 3.05) is 0 Å². The number of imidazole rings is 1. The van der Waals surface area contributed by atoms with Crippen LogP contribution in [0.25, 0.3) is 22.4 Å². The van der Waals surface area contributed by atoms with E-state index in [1.54, 1.807) is 12.1 Å². The summed E-state index contributed by atoms with van der Waals surface area (Å²) in [5, 5.41) is 0. The zero-order valence-electron chi connectivity index (χ0n) is 14.4. The fourth-order valence-corrected chi connectivity index (χ4v) is 2.97. The number of carbonyl (C=O) groups excluding carboxylic acids is 1. The van der Waals surface area contributed by atoms with Crippen LogP contribution in [0.1, 0.15) is 15.9 Å². The summed E-state index contributed by atoms with van der Waals surface area (Å²) >= 11 is 0. The number of hydrogen-bond acceptors (Lipinski definition) is 3. The van der Waals surface area contributed by atoms with E-state index < -0.39 is 0 Å². The summed E-state index contributed by atoms with van der Waals surface area (Å²) < 4.78 is 7.43. The van der Waals surface area contributed by atoms with Crippen molar-refractivity contribution in [1.82, 2.24) is 9.55 Å². The van der Waals surface area contributed by atoms with Crippen molar-refractivity contribution in [3.8, 4) is 11.4 Å². The minimum atomic E-state index is -0.328. The Morgan fingerprint density at radius 1 is 0.923 bits per heavy atom. The number of ether oxygens (including phenoxy) is 1. The molecule has 4 nitrogen and oxygen atoms in total. The van der Waals surface area contributed by atoms with E-state index in [1.165, 1.54) is 0 Å². The number of fused-ring (bicyclic) bond motifs is 1. The van der Waals surface area contributed by atoms with E-state index in [0.717, 1.165) is 28.0 Å². The molecule has 0 aliphatic heterocycles. The van der Waals surface area contributed by atoms with Crippen LogP contribution in [0.5, 0.6) is 0 Å². The quantitative estimate of drug-likeness (QED) is 0.509. The van der Waals surface area contributed by atoms with Gasteiger partial charge in [0.25, 0.3) is 0 Å². The predicted molar refractivity (Wildman–Crippen MR) is 102 cm³/mol. The van der Waals surface area contributed by atoms with Gasteiger partial charge < -0.3 is 9.30 Å². The van der Waals surface area contributed by atoms with Gasteiger partial charge >= 0.3 is 5.97 Å². The molecule has 0 bridgehead atoms. The number of hydrogen-bond donors (Lipinski definition) is 0. The highest BCUT2D eigenvalue weighted by molar-refractivity contribution is 5.90. The van der Waals surface area contributed by atoms with Gasteiger partial charge in [-0.05, 0) is 29.8 Å². The first-order valence-electron chi connectivity index (χ1n) is 8.45. The van der Waals surface area contributed by atoms with Crippen LogP contribution < -0.4 is 0 Å². The molecule has 0 aliphatic carbocycles. The van der Waals surface area contributed by atoms with Crippen molar-refractivity contribution in [1.29, 1.82) is 0 Å². The maximum Gasteiger partial charge on any atom is 0.338 e. The van der Waals surface area contributed by atoms with Gasteiger partial charge in [-0.15, -0.1) is 0 Å². The molecule has 4 heteroatoms. The highest BCUT2D eigenvalue weighted by Crippen LogP contribution is 2.24. The molecule has 0 amide bonds. The molecule has 0 N–H and O–H groups in total. The number of para-hydroxylation sites is 2. The lowest BCUT2D eigenvalue weighted by Crippen LogP contribution is -2.05. The molecule has 0 saturated heterocycles. The molecule has 0 spiro atoms. The molecule has 1 heterocycles. The molecular weight excluding hydrogens is 324 g/mol. The van der Waals surface area contributed by atoms with Crippen LogP contribution in [0, 0.1) is 0 Å². The molecule has 4 aromatic rings. The number of aromatic nitrogens is 2. The van der Waals surface area contributed by atoms with Gasteiger partial charge in [-0.2, -0.15) is 0 Å². The number of carbonyl (C=O) groups is 1. The van der Waals surface area contributed by atoms with Gasteiger partial charge in [0, 0.05) is 12.6 Å². The Morgan fingerprint density at radius 2 is 1.62 bits per heavy atom. The lowest BCUT2D eigenvalue weighted by atomic mass is 10.1. The fourth-order valence-electron chi connectivity index (χ4n) is 2.97. The summed E-state index contributed by atoms with van der Waals surface area (Å²) in [7, 11) is 1.99. The molecule has 128 valence electrons. The number of esters is 1. The Labute approximate surface area is 151 Å². The van der Waals surface area contributed by atoms with E-state index in [4.69, 9.17) is 4.74 Å². The average Bonchev–Trinajstić information content (AvgIpc) is 3.04. The molecule has 0 radical (unpaired) electrons. The van der Waals surface area contributed by atoms with Crippen molar-refractivity contribution in [3.63, 3.8) is 0 Å². The summed E-state index contributed by atoms with van der Waals surface area (Å²) in [6.07, 6.45) is 0. The van der Waals surface area contributed by atoms with Crippen LogP contribution in [0.2, 0.25) is 0 Å². The lowest BCUT2D eigenvalue weighted by Gasteiger charge is -2.06. The monoisotopic (exact) mass is 342 g/mol. The molecule has 1 aromatic heterocycles. The van der Waals surface area contributed by atoms with Crippen molar-refractivity contribution >= 4 is 17.0 Å². The molecular formula is C22H18N2O2. The third kappa shape index (κ3) is 3.09. The first-order chi connectivity index (χ1) is 12.7. The van der Waals surface area contributed by atoms with Crippen LogP contribution in [-0.2, 0) is 18.4 Å². The summed E-state index contributed by atoms with van der Waals surface area (Å²) in [6.45, 7) is 0.270. The van der Waals surface area contributed by atoms with Crippen molar-refractivity contribution < 1.29 is 9.53 Å². The number of nitrogens with zero attached hydrogens (tertiary/aromatic N) is 2. The van der Waals surface area contributed by atoms with Crippen LogP contribution >= 0.6 is 0 Å². The predicted octanol–water partition coefficient (Wildman–Crippen LogP) is 4.60. The van der Waals surface area contributed by atoms with Gasteiger partial charge in [0.2, 0.25) is 0 Å². The van der Waals surface area contributed by atoms with Gasteiger partial charge in [-0.1, -0.05) is 54.6 Å². The van der Waals surface area contributed by atoms with Crippen molar-refractivity contribution in [3.05, 3.63) is 90.0 Å². The smallest absolute Gasteiger partial charge is 0.338 e. The average molecular weight is 342 g/mol. The van der Waals surface area contributed by atoms with Gasteiger partial charge in [0.05, 0.1) is 16.6 Å². The zero-order chi connectivity index (χ0) is 17.9. The van der Waals surface area contributed by atoms with Gasteiger partial charge in [0.15, 0.2) is 0 Å². The Kier molecular flexibility index (Phi) is 4.23. The van der Waals surface area contributed by atoms with E-state index in [0.29, 0.717) is 5.56 Å². The minimum Gasteiger partial charge on any atom is -0.457 e. The van der Waals surface area contributed by atoms with E-state index in [-0.39, 0.29) is 12.6 Å². The summed E-state index contributed by atoms with van der Waals surface area (Å²) in [5.41, 5.74) is 4.49. The molecule has 0 atom stereocenters. The van der Waals surface area contributed by atoms with Crippen molar-refractivity contribution in [2.24, 2.45) is 7.05 Å². The van der Waals surface area contributed by atoms with Gasteiger partial charge in [-0.25, -0.2) is 9.78 Å². The van der Waals surface area contributed by atoms with E-state index in [1.807, 2.05) is 73.8 Å². The minimum absolute atomic E-state index is 0.270. The number of benzene rings is 3. The Bertz CT molecular complexity index is 1050. The van der Waals surface area contributed by atoms with Crippen LogP contribution in [0.4, 0.5) is 0 Å². The van der Waals surface area contributed by atoms with Gasteiger partial charge in [-0.3, -0.25) is 0 Å². The first kappa shape index (κ1) is 16.1. The highest BCUT2D eigenvalue weighted by atomic mass is 16.5. The summed E-state index contributed by atoms with van der Waals surface area (Å²) in [4.78, 5) is 16.9. The Morgan fingerprint density at radius 3 is 2.35 bits per heavy atom. The normalized spacial score (nSPS) is 10.8. The molecule has 0 aliphatic rings. The molecule has 4 rings (SSSR count). The topological polar surface area (TPSA) is 44.1 Å². The maximum absolute atomic E-state index is 12.2. The standard InChI is InChI=1S/C22H18N2O2/c1-24-20-10-6-5-9-19(20)23-21(24)17-11-13-18(14-12-17)22(25)26-15-16-7-3-2-4-8-16/h2-14H,15H2,1H3. The largest absolute Gasteiger partial charge is 0.457 e. The first-order valence-corrected chi connectivity index (χ1v) is 8.45. The highest BCUT2D eigenvalue weighted by Gasteiger charge is 2.11. The molecule has 0 unspecified atom stereocenters. The van der Waals surface area contributed by atoms with Crippen LogP contribution in [0.15, 0.2) is 78.9 Å². The molecule has 3 aromatic carbocycles. The zero-order valence-corrected chi connectivity index (χ0v) is 14.4. The second-order valence-electron chi connectivity index (χ2n) is 6.12. The maximum atomic E-state index is 12.2. The second kappa shape index (κ2) is 6.84. The van der Waals surface area contributed by atoms with Crippen molar-refractivity contribution in [2.45, 2.75) is 6.61 Å². The fraction of sp³-hybridized carbons (Fsp3) is 0.0909. The number of aryl methyl sites for hydroxylation is 1. The lowest BCUT2D eigenvalue weighted by molar-refractivity contribution is 0.0473. The van der Waals surface area contributed by atoms with Crippen LogP contribution in [-0.4, -0.2) is 15.5 Å². The SMILES string of the molecule is Cn1c(-c2ccc(C(=O)OCc3ccccc3)cc2)nc2ccccc21. The number of rotatable bonds is 4. The molecule has 26 heavy (non-hydrogen) atoms. The van der Waals surface area contributed by atoms with E-state index in [2.05, 4.69) is 9.55 Å². The Hall–Kier alpha value is -3.40. The Balaban J connectivity index is 1.52. The summed E-state index contributed by atoms with van der Waals surface area (Å²) in [6, 6.07) is 25.0. The third-order valence-electron chi connectivity index (χ3n) is 4.38. The molecule has 0 fully saturated rings. The summed E-state index contributed by atoms with van der Waals surface area (Å²) in [5.74, 6) is 0.542. The van der Waals surface area contributed by atoms with E-state index in [9.17, 15) is 4.79 Å². The van der Waals surface area contributed by atoms with Crippen LogP contribution in [0.3, 0.4) is 0 Å². The third-order valence-corrected chi connectivity index (χ3v) is 4.38.